The van der Waals surface area contributed by atoms with E-state index >= 15 is 0 Å². The monoisotopic (exact) mass is 361 g/mol. The fraction of sp³-hybridized carbons (Fsp3) is 0.500. The molecule has 2 rings (SSSR count). The number of carbonyl (C=O) groups is 1. The van der Waals surface area contributed by atoms with Crippen molar-refractivity contribution in [3.05, 3.63) is 35.9 Å². The van der Waals surface area contributed by atoms with Gasteiger partial charge in [0, 0.05) is 5.56 Å². The molecule has 0 saturated carbocycles. The van der Waals surface area contributed by atoms with Gasteiger partial charge in [0.05, 0.1) is 12.9 Å². The molecule has 1 amide bonds. The van der Waals surface area contributed by atoms with E-state index in [1.54, 1.807) is 18.2 Å². The van der Waals surface area contributed by atoms with E-state index in [2.05, 4.69) is 5.32 Å². The molecule has 0 aromatic heterocycles. The van der Waals surface area contributed by atoms with Crippen molar-refractivity contribution < 1.29 is 37.5 Å². The predicted octanol–water partition coefficient (Wildman–Crippen LogP) is -1.80. The molecule has 1 heterocycles. The zero-order valence-corrected chi connectivity index (χ0v) is 13.6. The lowest BCUT2D eigenvalue weighted by molar-refractivity contribution is -0.247. The molecule has 0 spiro atoms. The van der Waals surface area contributed by atoms with Crippen molar-refractivity contribution in [2.45, 2.75) is 30.6 Å². The quantitative estimate of drug-likeness (QED) is 0.450. The molecule has 10 heteroatoms. The molecular formula is C14H19NO8S. The van der Waals surface area contributed by atoms with E-state index in [4.69, 9.17) is 14.0 Å². The molecule has 5 atom stereocenters. The van der Waals surface area contributed by atoms with Gasteiger partial charge in [-0.15, -0.1) is 0 Å². The van der Waals surface area contributed by atoms with Crippen LogP contribution in [0.25, 0.3) is 0 Å². The number of aliphatic hydroxyl groups is 3. The summed E-state index contributed by atoms with van der Waals surface area (Å²) >= 11 is 0. The minimum atomic E-state index is -4.00. The molecule has 1 saturated heterocycles. The van der Waals surface area contributed by atoms with Gasteiger partial charge in [0.25, 0.3) is 16.0 Å². The molecule has 0 unspecified atom stereocenters. The Balaban J connectivity index is 2.24. The van der Waals surface area contributed by atoms with Crippen LogP contribution in [0.1, 0.15) is 10.4 Å². The van der Waals surface area contributed by atoms with Gasteiger partial charge in [-0.05, 0) is 12.1 Å². The van der Waals surface area contributed by atoms with Crippen LogP contribution in [0.15, 0.2) is 30.3 Å². The second-order valence-corrected chi connectivity index (χ2v) is 6.97. The third kappa shape index (κ3) is 4.50. The van der Waals surface area contributed by atoms with Crippen molar-refractivity contribution in [3.63, 3.8) is 0 Å². The maximum Gasteiger partial charge on any atom is 0.264 e. The lowest BCUT2D eigenvalue weighted by Crippen LogP contribution is -2.65. The van der Waals surface area contributed by atoms with Crippen LogP contribution < -0.4 is 5.32 Å². The Labute approximate surface area is 139 Å². The van der Waals surface area contributed by atoms with Gasteiger partial charge in [-0.2, -0.15) is 8.42 Å². The van der Waals surface area contributed by atoms with Gasteiger partial charge in [0.15, 0.2) is 6.29 Å². The molecule has 4 N–H and O–H groups in total. The molecule has 24 heavy (non-hydrogen) atoms. The van der Waals surface area contributed by atoms with Crippen LogP contribution in [0.3, 0.4) is 0 Å². The predicted molar refractivity (Wildman–Crippen MR) is 81.4 cm³/mol. The highest BCUT2D eigenvalue weighted by atomic mass is 32.2. The summed E-state index contributed by atoms with van der Waals surface area (Å²) in [6.45, 7) is -0.665. The summed E-state index contributed by atoms with van der Waals surface area (Å²) < 4.78 is 32.6. The van der Waals surface area contributed by atoms with Gasteiger partial charge in [-0.1, -0.05) is 18.2 Å². The number of hydrogen-bond acceptors (Lipinski definition) is 8. The van der Waals surface area contributed by atoms with Gasteiger partial charge in [-0.3, -0.25) is 8.98 Å². The summed E-state index contributed by atoms with van der Waals surface area (Å²) in [5, 5.41) is 31.7. The SMILES string of the molecule is CS(=O)(=O)O[C@@H]1[C@H](O)[C@H](CO)O[C@H](O)[C@H]1NC(=O)c1ccccc1. The van der Waals surface area contributed by atoms with E-state index < -0.39 is 53.3 Å². The third-order valence-electron chi connectivity index (χ3n) is 3.49. The van der Waals surface area contributed by atoms with Gasteiger partial charge in [0.1, 0.15) is 24.4 Å². The van der Waals surface area contributed by atoms with Crippen LogP contribution in [-0.2, 0) is 19.0 Å². The molecule has 1 aromatic rings. The highest BCUT2D eigenvalue weighted by Crippen LogP contribution is 2.24. The van der Waals surface area contributed by atoms with Crippen molar-refractivity contribution in [1.29, 1.82) is 0 Å². The Bertz CT molecular complexity index is 665. The van der Waals surface area contributed by atoms with Crippen LogP contribution in [0.5, 0.6) is 0 Å². The summed E-state index contributed by atoms with van der Waals surface area (Å²) in [4.78, 5) is 12.2. The third-order valence-corrected chi connectivity index (χ3v) is 4.06. The first-order valence-electron chi connectivity index (χ1n) is 7.09. The molecule has 0 aliphatic carbocycles. The van der Waals surface area contributed by atoms with Gasteiger partial charge in [-0.25, -0.2) is 0 Å². The normalized spacial score (nSPS) is 30.8. The number of rotatable bonds is 5. The number of ether oxygens (including phenoxy) is 1. The average Bonchev–Trinajstić information content (AvgIpc) is 2.53. The first kappa shape index (κ1) is 18.8. The summed E-state index contributed by atoms with van der Waals surface area (Å²) in [6.07, 6.45) is -5.25. The number of aliphatic hydroxyl groups excluding tert-OH is 3. The Morgan fingerprint density at radius 2 is 1.92 bits per heavy atom. The fourth-order valence-corrected chi connectivity index (χ4v) is 3.01. The van der Waals surface area contributed by atoms with Crippen LogP contribution >= 0.6 is 0 Å². The van der Waals surface area contributed by atoms with Crippen LogP contribution in [-0.4, -0.2) is 73.2 Å². The van der Waals surface area contributed by atoms with Crippen LogP contribution in [0.2, 0.25) is 0 Å². The van der Waals surface area contributed by atoms with Crippen molar-refractivity contribution >= 4 is 16.0 Å². The minimum Gasteiger partial charge on any atom is -0.394 e. The number of benzene rings is 1. The Morgan fingerprint density at radius 1 is 1.29 bits per heavy atom. The van der Waals surface area contributed by atoms with Crippen molar-refractivity contribution in [1.82, 2.24) is 5.32 Å². The summed E-state index contributed by atoms with van der Waals surface area (Å²) in [5.74, 6) is -0.611. The Kier molecular flexibility index (Phi) is 5.91. The second kappa shape index (κ2) is 7.55. The Hall–Kier alpha value is -1.56. The molecule has 0 bridgehead atoms. The number of carbonyl (C=O) groups excluding carboxylic acids is 1. The topological polar surface area (TPSA) is 142 Å². The first-order valence-corrected chi connectivity index (χ1v) is 8.91. The van der Waals surface area contributed by atoms with Crippen molar-refractivity contribution in [3.8, 4) is 0 Å². The van der Waals surface area contributed by atoms with E-state index in [1.807, 2.05) is 0 Å². The highest BCUT2D eigenvalue weighted by molar-refractivity contribution is 7.86. The fourth-order valence-electron chi connectivity index (χ4n) is 2.38. The van der Waals surface area contributed by atoms with E-state index in [-0.39, 0.29) is 5.56 Å². The number of hydrogen-bond donors (Lipinski definition) is 4. The number of amides is 1. The van der Waals surface area contributed by atoms with Gasteiger partial charge >= 0.3 is 0 Å². The summed E-state index contributed by atoms with van der Waals surface area (Å²) in [6, 6.07) is 6.65. The zero-order valence-electron chi connectivity index (χ0n) is 12.8. The van der Waals surface area contributed by atoms with E-state index in [0.717, 1.165) is 6.26 Å². The lowest BCUT2D eigenvalue weighted by Gasteiger charge is -2.41. The minimum absolute atomic E-state index is 0.265. The summed E-state index contributed by atoms with van der Waals surface area (Å²) in [5.41, 5.74) is 0.265. The molecule has 1 aromatic carbocycles. The van der Waals surface area contributed by atoms with Crippen molar-refractivity contribution in [2.75, 3.05) is 12.9 Å². The maximum atomic E-state index is 12.2. The van der Waals surface area contributed by atoms with Gasteiger partial charge < -0.3 is 25.4 Å². The molecular weight excluding hydrogens is 342 g/mol. The lowest BCUT2D eigenvalue weighted by atomic mass is 9.97. The molecule has 1 aliphatic rings. The Morgan fingerprint density at radius 3 is 2.46 bits per heavy atom. The van der Waals surface area contributed by atoms with E-state index in [9.17, 15) is 23.4 Å². The van der Waals surface area contributed by atoms with E-state index in [1.165, 1.54) is 12.1 Å². The maximum absolute atomic E-state index is 12.2. The zero-order chi connectivity index (χ0) is 17.9. The average molecular weight is 361 g/mol. The molecule has 134 valence electrons. The molecule has 1 aliphatic heterocycles. The van der Waals surface area contributed by atoms with Crippen molar-refractivity contribution in [2.24, 2.45) is 0 Å². The molecule has 0 radical (unpaired) electrons. The van der Waals surface area contributed by atoms with Crippen LogP contribution in [0.4, 0.5) is 0 Å². The van der Waals surface area contributed by atoms with Crippen LogP contribution in [0, 0.1) is 0 Å². The molecule has 9 nitrogen and oxygen atoms in total. The smallest absolute Gasteiger partial charge is 0.264 e. The molecule has 1 fully saturated rings. The van der Waals surface area contributed by atoms with Gasteiger partial charge in [0.2, 0.25) is 0 Å². The standard InChI is InChI=1S/C14H19NO8S/c1-24(20,21)23-12-10(14(19)22-9(7-16)11(12)17)15-13(18)8-5-3-2-4-6-8/h2-6,9-12,14,16-17,19H,7H2,1H3,(H,15,18)/t9-,10-,11+,12-,14-/m0/s1. The number of nitrogens with one attached hydrogen (secondary N) is 1. The van der Waals surface area contributed by atoms with E-state index in [0.29, 0.717) is 0 Å². The summed E-state index contributed by atoms with van der Waals surface area (Å²) in [7, 11) is -4.00. The highest BCUT2D eigenvalue weighted by Gasteiger charge is 2.47. The first-order chi connectivity index (χ1) is 11.2. The second-order valence-electron chi connectivity index (χ2n) is 5.37. The largest absolute Gasteiger partial charge is 0.394 e.